The van der Waals surface area contributed by atoms with Gasteiger partial charge in [0, 0.05) is 5.92 Å². The average Bonchev–Trinajstić information content (AvgIpc) is 2.56. The van der Waals surface area contributed by atoms with Gasteiger partial charge in [-0.1, -0.05) is 54.6 Å². The fourth-order valence-corrected chi connectivity index (χ4v) is 2.98. The average molecular weight is 290 g/mol. The first-order valence-corrected chi connectivity index (χ1v) is 8.00. The monoisotopic (exact) mass is 290 g/mol. The van der Waals surface area contributed by atoms with Crippen LogP contribution in [0.15, 0.2) is 54.6 Å². The van der Waals surface area contributed by atoms with Crippen LogP contribution in [0.1, 0.15) is 50.0 Å². The van der Waals surface area contributed by atoms with Gasteiger partial charge in [0.15, 0.2) is 5.41 Å². The van der Waals surface area contributed by atoms with Crippen LogP contribution in [0.2, 0.25) is 0 Å². The van der Waals surface area contributed by atoms with E-state index in [-0.39, 0.29) is 5.92 Å². The third kappa shape index (κ3) is 3.86. The molecule has 0 fully saturated rings. The molecule has 0 spiro atoms. The van der Waals surface area contributed by atoms with E-state index < -0.39 is 5.41 Å². The smallest absolute Gasteiger partial charge is 0.154 e. The van der Waals surface area contributed by atoms with Crippen molar-refractivity contribution in [1.29, 1.82) is 10.5 Å². The Kier molecular flexibility index (Phi) is 5.99. The third-order valence-corrected chi connectivity index (χ3v) is 4.33. The highest BCUT2D eigenvalue weighted by molar-refractivity contribution is 5.32. The normalized spacial score (nSPS) is 24.7. The van der Waals surface area contributed by atoms with Gasteiger partial charge in [0.25, 0.3) is 0 Å². The van der Waals surface area contributed by atoms with E-state index in [2.05, 4.69) is 30.4 Å². The lowest BCUT2D eigenvalue weighted by atomic mass is 9.70. The molecule has 1 unspecified atom stereocenters. The van der Waals surface area contributed by atoms with Crippen molar-refractivity contribution in [2.24, 2.45) is 5.41 Å². The summed E-state index contributed by atoms with van der Waals surface area (Å²) in [7, 11) is 0. The van der Waals surface area contributed by atoms with Crippen LogP contribution in [-0.2, 0) is 0 Å². The van der Waals surface area contributed by atoms with Crippen molar-refractivity contribution in [3.8, 4) is 12.1 Å². The summed E-state index contributed by atoms with van der Waals surface area (Å²) in [6.07, 6.45) is 14.2. The number of nitriles is 2. The molecule has 2 rings (SSSR count). The largest absolute Gasteiger partial charge is 0.197 e. The van der Waals surface area contributed by atoms with Crippen molar-refractivity contribution in [1.82, 2.24) is 0 Å². The van der Waals surface area contributed by atoms with Crippen LogP contribution in [0.4, 0.5) is 0 Å². The van der Waals surface area contributed by atoms with Crippen molar-refractivity contribution in [2.75, 3.05) is 0 Å². The summed E-state index contributed by atoms with van der Waals surface area (Å²) in [4.78, 5) is 0. The van der Waals surface area contributed by atoms with Crippen LogP contribution in [0.25, 0.3) is 0 Å². The molecule has 2 heteroatoms. The Morgan fingerprint density at radius 1 is 0.864 bits per heavy atom. The first kappa shape index (κ1) is 16.1. The Morgan fingerprint density at radius 2 is 1.50 bits per heavy atom. The van der Waals surface area contributed by atoms with Gasteiger partial charge >= 0.3 is 0 Å². The van der Waals surface area contributed by atoms with Gasteiger partial charge in [-0.2, -0.15) is 10.5 Å². The summed E-state index contributed by atoms with van der Waals surface area (Å²) in [6, 6.07) is 14.6. The Morgan fingerprint density at radius 3 is 2.14 bits per heavy atom. The zero-order valence-corrected chi connectivity index (χ0v) is 12.9. The van der Waals surface area contributed by atoms with Gasteiger partial charge in [-0.25, -0.2) is 0 Å². The molecule has 0 saturated heterocycles. The summed E-state index contributed by atoms with van der Waals surface area (Å²) < 4.78 is 0. The molecule has 1 atom stereocenters. The maximum atomic E-state index is 9.75. The zero-order valence-electron chi connectivity index (χ0n) is 12.9. The molecule has 0 bridgehead atoms. The SMILES string of the molecule is N#CC1(C#N)C/C=C/CCCC/C=C/CC1c1ccccc1. The van der Waals surface area contributed by atoms with Gasteiger partial charge in [-0.15, -0.1) is 0 Å². The number of nitrogens with zero attached hydrogens (tertiary/aromatic N) is 2. The number of hydrogen-bond acceptors (Lipinski definition) is 2. The first-order chi connectivity index (χ1) is 10.8. The standard InChI is InChI=1S/C20H22N2/c21-16-20(17-22)15-11-6-4-2-1-3-5-10-14-19(20)18-12-8-7-9-13-18/h5-13,19H,1-4,14-15H2/b10-5+,11-6+. The van der Waals surface area contributed by atoms with Crippen molar-refractivity contribution < 1.29 is 0 Å². The molecule has 22 heavy (non-hydrogen) atoms. The number of allylic oxidation sites excluding steroid dienone is 4. The van der Waals surface area contributed by atoms with Crippen LogP contribution in [-0.4, -0.2) is 0 Å². The molecule has 112 valence electrons. The molecule has 1 aromatic rings. The van der Waals surface area contributed by atoms with Gasteiger partial charge in [0.2, 0.25) is 0 Å². The topological polar surface area (TPSA) is 47.6 Å². The highest BCUT2D eigenvalue weighted by Gasteiger charge is 2.39. The molecule has 0 N–H and O–H groups in total. The predicted molar refractivity (Wildman–Crippen MR) is 88.8 cm³/mol. The molecule has 0 amide bonds. The van der Waals surface area contributed by atoms with Crippen LogP contribution < -0.4 is 0 Å². The van der Waals surface area contributed by atoms with E-state index in [9.17, 15) is 10.5 Å². The summed E-state index contributed by atoms with van der Waals surface area (Å²) in [5, 5.41) is 19.5. The van der Waals surface area contributed by atoms with Crippen LogP contribution >= 0.6 is 0 Å². The fraction of sp³-hybridized carbons (Fsp3) is 0.400. The van der Waals surface area contributed by atoms with E-state index in [0.29, 0.717) is 6.42 Å². The number of rotatable bonds is 1. The van der Waals surface area contributed by atoms with Crippen molar-refractivity contribution in [2.45, 2.75) is 44.4 Å². The maximum Gasteiger partial charge on any atom is 0.154 e. The Bertz CT molecular complexity index is 585. The van der Waals surface area contributed by atoms with Crippen LogP contribution in [0, 0.1) is 28.1 Å². The molecule has 1 aliphatic rings. The summed E-state index contributed by atoms with van der Waals surface area (Å²) >= 11 is 0. The van der Waals surface area contributed by atoms with Gasteiger partial charge in [-0.3, -0.25) is 0 Å². The second-order valence-electron chi connectivity index (χ2n) is 5.83. The molecular weight excluding hydrogens is 268 g/mol. The molecule has 1 aromatic carbocycles. The van der Waals surface area contributed by atoms with Gasteiger partial charge in [0.1, 0.15) is 0 Å². The zero-order chi connectivity index (χ0) is 15.7. The van der Waals surface area contributed by atoms with E-state index >= 15 is 0 Å². The lowest BCUT2D eigenvalue weighted by molar-refractivity contribution is 0.414. The quantitative estimate of drug-likeness (QED) is 0.661. The van der Waals surface area contributed by atoms with E-state index in [0.717, 1.165) is 31.2 Å². The van der Waals surface area contributed by atoms with Gasteiger partial charge in [-0.05, 0) is 44.1 Å². The second-order valence-corrected chi connectivity index (χ2v) is 5.83. The summed E-state index contributed by atoms with van der Waals surface area (Å²) in [5.74, 6) is -0.0935. The molecule has 0 aliphatic heterocycles. The Labute approximate surface area is 133 Å². The predicted octanol–water partition coefficient (Wildman–Crippen LogP) is 5.27. The summed E-state index contributed by atoms with van der Waals surface area (Å²) in [6.45, 7) is 0. The number of benzene rings is 1. The minimum absolute atomic E-state index is 0.0935. The van der Waals surface area contributed by atoms with Crippen molar-refractivity contribution in [3.63, 3.8) is 0 Å². The first-order valence-electron chi connectivity index (χ1n) is 8.00. The van der Waals surface area contributed by atoms with Gasteiger partial charge in [0.05, 0.1) is 12.1 Å². The number of hydrogen-bond donors (Lipinski definition) is 0. The van der Waals surface area contributed by atoms with Gasteiger partial charge < -0.3 is 0 Å². The van der Waals surface area contributed by atoms with Crippen LogP contribution in [0.3, 0.4) is 0 Å². The molecule has 0 aromatic heterocycles. The molecular formula is C20H22N2. The van der Waals surface area contributed by atoms with Crippen molar-refractivity contribution in [3.05, 3.63) is 60.2 Å². The molecule has 1 aliphatic carbocycles. The van der Waals surface area contributed by atoms with Crippen LogP contribution in [0.5, 0.6) is 0 Å². The molecule has 0 radical (unpaired) electrons. The van der Waals surface area contributed by atoms with E-state index in [1.807, 2.05) is 36.4 Å². The van der Waals surface area contributed by atoms with Crippen molar-refractivity contribution >= 4 is 0 Å². The highest BCUT2D eigenvalue weighted by Crippen LogP contribution is 2.41. The lowest BCUT2D eigenvalue weighted by Crippen LogP contribution is -2.25. The van der Waals surface area contributed by atoms with E-state index in [1.165, 1.54) is 6.42 Å². The Hall–Kier alpha value is -2.32. The van der Waals surface area contributed by atoms with E-state index in [4.69, 9.17) is 0 Å². The molecule has 0 saturated carbocycles. The van der Waals surface area contributed by atoms with E-state index in [1.54, 1.807) is 0 Å². The molecule has 0 heterocycles. The Balaban J connectivity index is 2.39. The maximum absolute atomic E-state index is 9.75. The molecule has 2 nitrogen and oxygen atoms in total. The summed E-state index contributed by atoms with van der Waals surface area (Å²) in [5.41, 5.74) is 0.0715. The minimum atomic E-state index is -0.999. The fourth-order valence-electron chi connectivity index (χ4n) is 2.98. The third-order valence-electron chi connectivity index (χ3n) is 4.33. The second kappa shape index (κ2) is 8.20. The highest BCUT2D eigenvalue weighted by atomic mass is 14.5. The lowest BCUT2D eigenvalue weighted by Gasteiger charge is -2.28. The minimum Gasteiger partial charge on any atom is -0.197 e.